The molecule has 1 aliphatic heterocycles. The van der Waals surface area contributed by atoms with E-state index in [1.807, 2.05) is 27.7 Å². The van der Waals surface area contributed by atoms with Gasteiger partial charge in [-0.1, -0.05) is 64.8 Å². The van der Waals surface area contributed by atoms with E-state index in [1.165, 1.54) is 36.9 Å². The summed E-state index contributed by atoms with van der Waals surface area (Å²) in [5, 5.41) is 3.18. The summed E-state index contributed by atoms with van der Waals surface area (Å²) >= 11 is 0. The second-order valence-corrected chi connectivity index (χ2v) is 6.80. The molecule has 0 aromatic heterocycles. The largest absolute Gasteiger partial charge is 0.379 e. The molecule has 0 bridgehead atoms. The second kappa shape index (κ2) is 32.2. The van der Waals surface area contributed by atoms with Crippen molar-refractivity contribution in [2.75, 3.05) is 46.9 Å². The van der Waals surface area contributed by atoms with Gasteiger partial charge in [-0.25, -0.2) is 0 Å². The van der Waals surface area contributed by atoms with Gasteiger partial charge in [-0.3, -0.25) is 0 Å². The number of hydrogen-bond donors (Lipinski definition) is 1. The van der Waals surface area contributed by atoms with E-state index in [4.69, 9.17) is 9.53 Å². The van der Waals surface area contributed by atoms with Gasteiger partial charge >= 0.3 is 0 Å². The van der Waals surface area contributed by atoms with E-state index in [1.54, 1.807) is 0 Å². The molecule has 1 aliphatic rings. The predicted octanol–water partition coefficient (Wildman–Crippen LogP) is 5.93. The zero-order valence-corrected chi connectivity index (χ0v) is 21.4. The number of carbonyl (C=O) groups is 1. The van der Waals surface area contributed by atoms with Crippen molar-refractivity contribution in [2.45, 2.75) is 60.8 Å². The smallest absolute Gasteiger partial charge is 0.106 e. The molecule has 0 radical (unpaired) electrons. The zero-order valence-electron chi connectivity index (χ0n) is 21.4. The number of morpholine rings is 1. The topological polar surface area (TPSA) is 41.6 Å². The minimum atomic E-state index is 0.856. The third kappa shape index (κ3) is 28.7. The highest BCUT2D eigenvalue weighted by molar-refractivity contribution is 5.23. The Hall–Kier alpha value is -1.49. The number of nitrogens with zero attached hydrogens (tertiary/aromatic N) is 1. The Balaban J connectivity index is -0.000000150. The van der Waals surface area contributed by atoms with Crippen molar-refractivity contribution in [1.29, 1.82) is 0 Å². The van der Waals surface area contributed by atoms with Crippen LogP contribution in [0.3, 0.4) is 0 Å². The van der Waals surface area contributed by atoms with E-state index >= 15 is 0 Å². The van der Waals surface area contributed by atoms with Crippen LogP contribution in [0.5, 0.6) is 0 Å². The fourth-order valence-electron chi connectivity index (χ4n) is 2.32. The normalized spacial score (nSPS) is 12.9. The predicted molar refractivity (Wildman–Crippen MR) is 137 cm³/mol. The van der Waals surface area contributed by atoms with Crippen molar-refractivity contribution in [3.05, 3.63) is 48.6 Å². The summed E-state index contributed by atoms with van der Waals surface area (Å²) in [6, 6.07) is 8.36. The minimum Gasteiger partial charge on any atom is -0.379 e. The van der Waals surface area contributed by atoms with Gasteiger partial charge in [-0.05, 0) is 58.0 Å². The molecule has 1 atom stereocenters. The fraction of sp³-hybridized carbons (Fsp3) is 0.654. The van der Waals surface area contributed by atoms with Crippen LogP contribution in [0.2, 0.25) is 0 Å². The molecule has 0 amide bonds. The van der Waals surface area contributed by atoms with Crippen molar-refractivity contribution < 1.29 is 9.53 Å². The number of ether oxygens (including phenoxy) is 1. The van der Waals surface area contributed by atoms with Gasteiger partial charge in [0.25, 0.3) is 0 Å². The summed E-state index contributed by atoms with van der Waals surface area (Å²) in [6.07, 6.45) is 4.08. The number of hydrogen-bond acceptors (Lipinski definition) is 4. The summed E-state index contributed by atoms with van der Waals surface area (Å²) < 4.78 is 5.10. The summed E-state index contributed by atoms with van der Waals surface area (Å²) in [7, 11) is 4.13. The number of unbranched alkanes of at least 4 members (excludes halogenated alkanes) is 1. The number of rotatable bonds is 5. The Morgan fingerprint density at radius 1 is 1.07 bits per heavy atom. The molecule has 0 aliphatic carbocycles. The van der Waals surface area contributed by atoms with E-state index in [9.17, 15) is 0 Å². The van der Waals surface area contributed by atoms with Crippen LogP contribution >= 0.6 is 0 Å². The lowest BCUT2D eigenvalue weighted by Crippen LogP contribution is -2.32. The van der Waals surface area contributed by atoms with Crippen LogP contribution in [0.4, 0.5) is 0 Å². The molecule has 1 saturated heterocycles. The molecule has 178 valence electrons. The molecule has 1 fully saturated rings. The molecule has 1 aromatic rings. The Labute approximate surface area is 189 Å². The lowest BCUT2D eigenvalue weighted by molar-refractivity contribution is -0.0979. The summed E-state index contributed by atoms with van der Waals surface area (Å²) in [5.41, 5.74) is 2.74. The SMILES string of the molecule is C=C.C=O.CC.CCCCC(C)CNC.CN1CCOCC1.Cc1ccccc1C. The number of likely N-dealkylation sites (N-methyl/N-ethyl adjacent to an activating group) is 1. The van der Waals surface area contributed by atoms with Crippen molar-refractivity contribution in [2.24, 2.45) is 5.92 Å². The highest BCUT2D eigenvalue weighted by Gasteiger charge is 2.02. The van der Waals surface area contributed by atoms with E-state index in [-0.39, 0.29) is 0 Å². The van der Waals surface area contributed by atoms with Crippen LogP contribution in [-0.4, -0.2) is 58.6 Å². The van der Waals surface area contributed by atoms with Crippen LogP contribution in [0.15, 0.2) is 37.4 Å². The van der Waals surface area contributed by atoms with Crippen LogP contribution in [0.25, 0.3) is 0 Å². The maximum Gasteiger partial charge on any atom is 0.106 e. The van der Waals surface area contributed by atoms with E-state index < -0.39 is 0 Å². The van der Waals surface area contributed by atoms with Gasteiger partial charge in [0.15, 0.2) is 0 Å². The third-order valence-electron chi connectivity index (χ3n) is 4.26. The monoisotopic (exact) mass is 424 g/mol. The Morgan fingerprint density at radius 2 is 1.50 bits per heavy atom. The highest BCUT2D eigenvalue weighted by atomic mass is 16.5. The quantitative estimate of drug-likeness (QED) is 0.595. The van der Waals surface area contributed by atoms with Gasteiger partial charge < -0.3 is 19.7 Å². The highest BCUT2D eigenvalue weighted by Crippen LogP contribution is 2.05. The number of benzene rings is 1. The van der Waals surface area contributed by atoms with Gasteiger partial charge in [0.05, 0.1) is 13.2 Å². The standard InChI is InChI=1S/C8H19N.C8H10.C5H11NO.C2H6.C2H4.CH2O/c1-4-5-6-8(2)7-9-3;1-7-5-3-4-6-8(7)2;1-6-2-4-7-5-3-6;3*1-2/h8-9H,4-7H2,1-3H3;3-6H,1-2H3;2-5H2,1H3;1-2H3;1-2H2;1H2. The van der Waals surface area contributed by atoms with Crippen LogP contribution < -0.4 is 5.32 Å². The molecule has 30 heavy (non-hydrogen) atoms. The molecular weight excluding hydrogens is 372 g/mol. The first-order chi connectivity index (χ1) is 14.5. The van der Waals surface area contributed by atoms with Crippen LogP contribution in [0.1, 0.15) is 58.1 Å². The molecule has 1 N–H and O–H groups in total. The maximum atomic E-state index is 8.00. The zero-order chi connectivity index (χ0) is 24.2. The molecule has 1 unspecified atom stereocenters. The van der Waals surface area contributed by atoms with Crippen LogP contribution in [-0.2, 0) is 9.53 Å². The lowest BCUT2D eigenvalue weighted by Gasteiger charge is -2.21. The first-order valence-corrected chi connectivity index (χ1v) is 11.2. The van der Waals surface area contributed by atoms with Gasteiger partial charge in [-0.15, -0.1) is 13.2 Å². The van der Waals surface area contributed by atoms with Gasteiger partial charge in [0, 0.05) is 13.1 Å². The molecular formula is C26H52N2O2. The molecule has 0 spiro atoms. The average Bonchev–Trinajstić information content (AvgIpc) is 2.80. The molecule has 2 rings (SSSR count). The Bertz CT molecular complexity index is 398. The summed E-state index contributed by atoms with van der Waals surface area (Å²) in [4.78, 5) is 10.3. The van der Waals surface area contributed by atoms with Crippen LogP contribution in [0, 0.1) is 19.8 Å². The average molecular weight is 425 g/mol. The van der Waals surface area contributed by atoms with Gasteiger partial charge in [0.1, 0.15) is 6.79 Å². The van der Waals surface area contributed by atoms with E-state index in [0.29, 0.717) is 0 Å². The lowest BCUT2D eigenvalue weighted by atomic mass is 10.1. The van der Waals surface area contributed by atoms with E-state index in [0.717, 1.165) is 32.2 Å². The van der Waals surface area contributed by atoms with Crippen molar-refractivity contribution in [3.63, 3.8) is 0 Å². The number of carbonyl (C=O) groups excluding carboxylic acids is 1. The molecule has 0 saturated carbocycles. The van der Waals surface area contributed by atoms with Crippen molar-refractivity contribution in [3.8, 4) is 0 Å². The molecule has 1 aromatic carbocycles. The molecule has 4 nitrogen and oxygen atoms in total. The minimum absolute atomic E-state index is 0.856. The molecule has 4 heteroatoms. The fourth-order valence-corrected chi connectivity index (χ4v) is 2.32. The van der Waals surface area contributed by atoms with E-state index in [2.05, 4.69) is 82.4 Å². The number of nitrogens with one attached hydrogen (secondary N) is 1. The summed E-state index contributed by atoms with van der Waals surface area (Å²) in [6.45, 7) is 26.0. The number of aryl methyl sites for hydroxylation is 2. The summed E-state index contributed by atoms with van der Waals surface area (Å²) in [5.74, 6) is 0.856. The first kappa shape index (κ1) is 35.9. The second-order valence-electron chi connectivity index (χ2n) is 6.80. The third-order valence-corrected chi connectivity index (χ3v) is 4.26. The van der Waals surface area contributed by atoms with Crippen molar-refractivity contribution in [1.82, 2.24) is 10.2 Å². The maximum absolute atomic E-state index is 8.00. The molecule has 1 heterocycles. The van der Waals surface area contributed by atoms with Gasteiger partial charge in [-0.2, -0.15) is 0 Å². The van der Waals surface area contributed by atoms with Gasteiger partial charge in [0.2, 0.25) is 0 Å². The Kier molecular flexibility index (Phi) is 38.5. The van der Waals surface area contributed by atoms with Crippen molar-refractivity contribution >= 4 is 6.79 Å². The Morgan fingerprint density at radius 3 is 1.77 bits per heavy atom. The first-order valence-electron chi connectivity index (χ1n) is 11.2.